The van der Waals surface area contributed by atoms with Gasteiger partial charge in [0.25, 0.3) is 0 Å². The standard InChI is InChI=1S/C13H27N3.HI/c1-3-5-10-15-13(14-4-2)16-11-6-7-12-8-9-12;/h12H,3-11H2,1-2H3,(H2,14,15,16);1H. The van der Waals surface area contributed by atoms with Crippen LogP contribution in [-0.4, -0.2) is 25.6 Å². The van der Waals surface area contributed by atoms with Gasteiger partial charge in [-0.25, -0.2) is 0 Å². The molecule has 0 atom stereocenters. The molecule has 17 heavy (non-hydrogen) atoms. The zero-order valence-corrected chi connectivity index (χ0v) is 13.6. The molecule has 0 aliphatic heterocycles. The van der Waals surface area contributed by atoms with E-state index < -0.39 is 0 Å². The normalized spacial score (nSPS) is 15.3. The zero-order valence-electron chi connectivity index (χ0n) is 11.3. The van der Waals surface area contributed by atoms with Gasteiger partial charge in [-0.05, 0) is 32.1 Å². The van der Waals surface area contributed by atoms with E-state index >= 15 is 0 Å². The highest BCUT2D eigenvalue weighted by atomic mass is 127. The predicted molar refractivity (Wildman–Crippen MR) is 86.3 cm³/mol. The summed E-state index contributed by atoms with van der Waals surface area (Å²) in [6.45, 7) is 7.27. The largest absolute Gasteiger partial charge is 0.357 e. The van der Waals surface area contributed by atoms with E-state index in [0.29, 0.717) is 0 Å². The highest BCUT2D eigenvalue weighted by Crippen LogP contribution is 2.33. The first-order chi connectivity index (χ1) is 7.86. The quantitative estimate of drug-likeness (QED) is 0.304. The summed E-state index contributed by atoms with van der Waals surface area (Å²) < 4.78 is 0. The van der Waals surface area contributed by atoms with Gasteiger partial charge in [0.15, 0.2) is 5.96 Å². The molecule has 1 aliphatic rings. The number of halogens is 1. The Hall–Kier alpha value is 0. The van der Waals surface area contributed by atoms with Gasteiger partial charge >= 0.3 is 0 Å². The van der Waals surface area contributed by atoms with Crippen LogP contribution >= 0.6 is 24.0 Å². The van der Waals surface area contributed by atoms with Gasteiger partial charge in [0.05, 0.1) is 0 Å². The van der Waals surface area contributed by atoms with E-state index in [1.54, 1.807) is 0 Å². The van der Waals surface area contributed by atoms with Crippen LogP contribution < -0.4 is 10.6 Å². The topological polar surface area (TPSA) is 36.4 Å². The fraction of sp³-hybridized carbons (Fsp3) is 0.923. The van der Waals surface area contributed by atoms with Gasteiger partial charge in [0.2, 0.25) is 0 Å². The summed E-state index contributed by atoms with van der Waals surface area (Å²) in [6.07, 6.45) is 7.98. The molecule has 0 heterocycles. The Morgan fingerprint density at radius 1 is 1.18 bits per heavy atom. The van der Waals surface area contributed by atoms with Crippen molar-refractivity contribution in [3.8, 4) is 0 Å². The fourth-order valence-electron chi connectivity index (χ4n) is 1.70. The van der Waals surface area contributed by atoms with Crippen LogP contribution in [0.2, 0.25) is 0 Å². The molecule has 0 saturated heterocycles. The third kappa shape index (κ3) is 9.68. The highest BCUT2D eigenvalue weighted by Gasteiger charge is 2.19. The van der Waals surface area contributed by atoms with Crippen molar-refractivity contribution < 1.29 is 0 Å². The third-order valence-corrected chi connectivity index (χ3v) is 2.90. The lowest BCUT2D eigenvalue weighted by Crippen LogP contribution is -2.37. The Bertz CT molecular complexity index is 203. The molecule has 0 bridgehead atoms. The van der Waals surface area contributed by atoms with Crippen LogP contribution in [0, 0.1) is 5.92 Å². The molecule has 0 spiro atoms. The van der Waals surface area contributed by atoms with E-state index in [4.69, 9.17) is 0 Å². The van der Waals surface area contributed by atoms with Gasteiger partial charge in [-0.1, -0.05) is 26.2 Å². The number of rotatable bonds is 8. The van der Waals surface area contributed by atoms with Crippen LogP contribution in [0.3, 0.4) is 0 Å². The van der Waals surface area contributed by atoms with E-state index in [9.17, 15) is 0 Å². The maximum absolute atomic E-state index is 4.58. The number of hydrogen-bond acceptors (Lipinski definition) is 1. The molecule has 0 amide bonds. The number of guanidine groups is 1. The molecule has 1 fully saturated rings. The van der Waals surface area contributed by atoms with Crippen molar-refractivity contribution in [2.45, 2.75) is 52.4 Å². The molecular weight excluding hydrogens is 325 g/mol. The summed E-state index contributed by atoms with van der Waals surface area (Å²) in [5.74, 6) is 2.03. The molecule has 1 saturated carbocycles. The molecule has 102 valence electrons. The van der Waals surface area contributed by atoms with Crippen molar-refractivity contribution in [3.63, 3.8) is 0 Å². The first-order valence-electron chi connectivity index (χ1n) is 6.89. The predicted octanol–water partition coefficient (Wildman–Crippen LogP) is 3.15. The van der Waals surface area contributed by atoms with Crippen molar-refractivity contribution in [1.82, 2.24) is 10.6 Å². The summed E-state index contributed by atoms with van der Waals surface area (Å²) >= 11 is 0. The van der Waals surface area contributed by atoms with Gasteiger partial charge in [-0.15, -0.1) is 24.0 Å². The number of unbranched alkanes of at least 4 members (excludes halogenated alkanes) is 1. The lowest BCUT2D eigenvalue weighted by Gasteiger charge is -2.10. The van der Waals surface area contributed by atoms with E-state index in [-0.39, 0.29) is 24.0 Å². The van der Waals surface area contributed by atoms with Gasteiger partial charge in [0.1, 0.15) is 0 Å². The second kappa shape index (κ2) is 11.1. The summed E-state index contributed by atoms with van der Waals surface area (Å²) in [5.41, 5.74) is 0. The molecule has 0 aromatic carbocycles. The first-order valence-corrected chi connectivity index (χ1v) is 6.89. The molecular formula is C13H28IN3. The van der Waals surface area contributed by atoms with Crippen molar-refractivity contribution >= 4 is 29.9 Å². The minimum atomic E-state index is 0. The summed E-state index contributed by atoms with van der Waals surface area (Å²) in [5, 5.41) is 6.65. The maximum atomic E-state index is 4.58. The second-order valence-electron chi connectivity index (χ2n) is 4.63. The summed E-state index contributed by atoms with van der Waals surface area (Å²) in [6, 6.07) is 0. The van der Waals surface area contributed by atoms with Crippen molar-refractivity contribution in [2.75, 3.05) is 19.6 Å². The van der Waals surface area contributed by atoms with E-state index in [0.717, 1.165) is 31.5 Å². The monoisotopic (exact) mass is 353 g/mol. The Morgan fingerprint density at radius 2 is 1.94 bits per heavy atom. The molecule has 0 radical (unpaired) electrons. The third-order valence-electron chi connectivity index (χ3n) is 2.90. The molecule has 2 N–H and O–H groups in total. The minimum Gasteiger partial charge on any atom is -0.357 e. The van der Waals surface area contributed by atoms with Gasteiger partial charge in [-0.2, -0.15) is 0 Å². The number of hydrogen-bond donors (Lipinski definition) is 2. The van der Waals surface area contributed by atoms with E-state index in [1.807, 2.05) is 0 Å². The number of nitrogens with zero attached hydrogens (tertiary/aromatic N) is 1. The average molecular weight is 353 g/mol. The van der Waals surface area contributed by atoms with Crippen LogP contribution in [-0.2, 0) is 0 Å². The highest BCUT2D eigenvalue weighted by molar-refractivity contribution is 14.0. The van der Waals surface area contributed by atoms with Crippen LogP contribution in [0.1, 0.15) is 52.4 Å². The van der Waals surface area contributed by atoms with Gasteiger partial charge in [-0.3, -0.25) is 4.99 Å². The Kier molecular flexibility index (Phi) is 11.1. The zero-order chi connectivity index (χ0) is 11.6. The fourth-order valence-corrected chi connectivity index (χ4v) is 1.70. The van der Waals surface area contributed by atoms with Crippen LogP contribution in [0.15, 0.2) is 4.99 Å². The lowest BCUT2D eigenvalue weighted by atomic mass is 10.2. The molecule has 0 unspecified atom stereocenters. The van der Waals surface area contributed by atoms with Crippen LogP contribution in [0.4, 0.5) is 0 Å². The van der Waals surface area contributed by atoms with E-state index in [1.165, 1.54) is 38.5 Å². The van der Waals surface area contributed by atoms with Crippen LogP contribution in [0.25, 0.3) is 0 Å². The Morgan fingerprint density at radius 3 is 2.53 bits per heavy atom. The smallest absolute Gasteiger partial charge is 0.191 e. The number of aliphatic imine (C=N–C) groups is 1. The molecule has 0 aromatic rings. The molecule has 4 heteroatoms. The van der Waals surface area contributed by atoms with Crippen LogP contribution in [0.5, 0.6) is 0 Å². The maximum Gasteiger partial charge on any atom is 0.191 e. The first kappa shape index (κ1) is 17.0. The molecule has 1 aliphatic carbocycles. The molecule has 1 rings (SSSR count). The van der Waals surface area contributed by atoms with Crippen molar-refractivity contribution in [2.24, 2.45) is 10.9 Å². The molecule has 3 nitrogen and oxygen atoms in total. The Labute approximate surface area is 123 Å². The number of nitrogens with one attached hydrogen (secondary N) is 2. The minimum absolute atomic E-state index is 0. The van der Waals surface area contributed by atoms with Crippen molar-refractivity contribution in [1.29, 1.82) is 0 Å². The summed E-state index contributed by atoms with van der Waals surface area (Å²) in [7, 11) is 0. The van der Waals surface area contributed by atoms with E-state index in [2.05, 4.69) is 29.5 Å². The Balaban J connectivity index is 0.00000256. The lowest BCUT2D eigenvalue weighted by molar-refractivity contribution is 0.668. The van der Waals surface area contributed by atoms with Gasteiger partial charge < -0.3 is 10.6 Å². The second-order valence-corrected chi connectivity index (χ2v) is 4.63. The average Bonchev–Trinajstić information content (AvgIpc) is 3.08. The summed E-state index contributed by atoms with van der Waals surface area (Å²) in [4.78, 5) is 4.58. The van der Waals surface area contributed by atoms with Gasteiger partial charge in [0, 0.05) is 19.6 Å². The molecule has 0 aromatic heterocycles. The van der Waals surface area contributed by atoms with Crippen molar-refractivity contribution in [3.05, 3.63) is 0 Å². The SMILES string of the molecule is CCCCNC(=NCCCC1CC1)NCC.I.